The van der Waals surface area contributed by atoms with Crippen molar-refractivity contribution in [2.24, 2.45) is 0 Å². The summed E-state index contributed by atoms with van der Waals surface area (Å²) in [6.07, 6.45) is -25.7. The maximum Gasteiger partial charge on any atom is 0.239 e. The largest absolute Gasteiger partial charge is 0.507 e. The number of benzene rings is 2. The van der Waals surface area contributed by atoms with Crippen LogP contribution in [0.1, 0.15) is 6.92 Å². The Balaban J connectivity index is 1.44. The fourth-order valence-electron chi connectivity index (χ4n) is 6.43. The maximum atomic E-state index is 14.3. The molecule has 0 spiro atoms. The molecule has 21 heteroatoms. The van der Waals surface area contributed by atoms with Crippen LogP contribution in [0.3, 0.4) is 0 Å². The van der Waals surface area contributed by atoms with Crippen molar-refractivity contribution in [3.8, 4) is 40.1 Å². The summed E-state index contributed by atoms with van der Waals surface area (Å²) in [5, 5.41) is 124. The smallest absolute Gasteiger partial charge is 0.239 e. The molecule has 0 radical (unpaired) electrons. The van der Waals surface area contributed by atoms with Gasteiger partial charge < -0.3 is 98.9 Å². The summed E-state index contributed by atoms with van der Waals surface area (Å²) in [5.41, 5.74) is -1.44. The van der Waals surface area contributed by atoms with E-state index in [0.29, 0.717) is 0 Å². The fraction of sp³-hybridized carbons (Fsp3) is 0.559. The van der Waals surface area contributed by atoms with Gasteiger partial charge in [-0.2, -0.15) is 0 Å². The third kappa shape index (κ3) is 7.65. The highest BCUT2D eigenvalue weighted by molar-refractivity contribution is 5.88. The molecule has 3 aromatic rings. The summed E-state index contributed by atoms with van der Waals surface area (Å²) in [6, 6.07) is 5.80. The molecule has 2 aromatic carbocycles. The number of fused-ring (bicyclic) bond motifs is 1. The third-order valence-corrected chi connectivity index (χ3v) is 9.61. The second-order valence-corrected chi connectivity index (χ2v) is 13.2. The van der Waals surface area contributed by atoms with E-state index in [2.05, 4.69) is 0 Å². The second-order valence-electron chi connectivity index (χ2n) is 13.2. The minimum atomic E-state index is -2.01. The van der Waals surface area contributed by atoms with Crippen LogP contribution in [0.5, 0.6) is 28.7 Å². The summed E-state index contributed by atoms with van der Waals surface area (Å²) in [4.78, 5) is 14.3. The summed E-state index contributed by atoms with van der Waals surface area (Å²) in [6.45, 7) is -0.308. The Labute approximate surface area is 309 Å². The highest BCUT2D eigenvalue weighted by Crippen LogP contribution is 2.41. The molecule has 6 rings (SSSR count). The van der Waals surface area contributed by atoms with Crippen molar-refractivity contribution in [2.45, 2.75) is 99.0 Å². The average molecular weight is 787 g/mol. The van der Waals surface area contributed by atoms with Crippen LogP contribution < -0.4 is 19.6 Å². The first-order valence-corrected chi connectivity index (χ1v) is 16.9. The molecule has 0 bridgehead atoms. The first kappa shape index (κ1) is 40.7. The molecule has 3 saturated heterocycles. The Bertz CT molecular complexity index is 1870. The summed E-state index contributed by atoms with van der Waals surface area (Å²) >= 11 is 0. The van der Waals surface area contributed by atoms with E-state index in [4.69, 9.17) is 37.6 Å². The Morgan fingerprint density at radius 3 is 1.95 bits per heavy atom. The molecule has 0 amide bonds. The predicted octanol–water partition coefficient (Wildman–Crippen LogP) is -3.91. The number of methoxy groups -OCH3 is 1. The van der Waals surface area contributed by atoms with Gasteiger partial charge >= 0.3 is 0 Å². The van der Waals surface area contributed by atoms with Crippen molar-refractivity contribution < 1.29 is 98.9 Å². The molecule has 55 heavy (non-hydrogen) atoms. The van der Waals surface area contributed by atoms with E-state index in [1.54, 1.807) is 0 Å². The van der Waals surface area contributed by atoms with Crippen LogP contribution in [-0.4, -0.2) is 174 Å². The molecule has 0 unspecified atom stereocenters. The van der Waals surface area contributed by atoms with Crippen LogP contribution >= 0.6 is 0 Å². The maximum absolute atomic E-state index is 14.3. The lowest BCUT2D eigenvalue weighted by Gasteiger charge is -2.45. The van der Waals surface area contributed by atoms with Crippen molar-refractivity contribution in [2.75, 3.05) is 20.3 Å². The van der Waals surface area contributed by atoms with Gasteiger partial charge in [0.1, 0.15) is 83.5 Å². The number of hydrogen-bond donors (Lipinski definition) is 12. The van der Waals surface area contributed by atoms with Crippen LogP contribution in [0.4, 0.5) is 0 Å². The lowest BCUT2D eigenvalue weighted by molar-refractivity contribution is -0.358. The zero-order chi connectivity index (χ0) is 40.0. The standard InChI is InChI=1S/C34H42O21/c1-10-20(39)24(43)27(46)32(49-10)50-12-6-14(38)19-16(7-12)51-29(11-3-4-13(37)15(5-11)48-2)30(23(19)42)54-34-31(26(45)22(41)18(9-36)53-34)55-33-28(47)25(44)21(40)17(8-35)52-33/h3-7,10,17-18,20-22,24-28,31-41,43-47H,8-9H2,1-2H3/t10-,17+,18+,20-,21+,22+,24+,25-,26-,27+,28+,31+,32-,33-,34-/m0/s1. The lowest BCUT2D eigenvalue weighted by Crippen LogP contribution is -2.65. The number of aliphatic hydroxyl groups is 10. The van der Waals surface area contributed by atoms with Gasteiger partial charge in [-0.1, -0.05) is 0 Å². The number of aliphatic hydroxyl groups excluding tert-OH is 10. The molecule has 3 aliphatic heterocycles. The van der Waals surface area contributed by atoms with E-state index in [9.17, 15) is 66.1 Å². The van der Waals surface area contributed by atoms with E-state index in [0.717, 1.165) is 12.1 Å². The van der Waals surface area contributed by atoms with E-state index >= 15 is 0 Å². The topological polar surface area (TPSA) is 338 Å². The molecule has 0 aliphatic carbocycles. The predicted molar refractivity (Wildman–Crippen MR) is 178 cm³/mol. The van der Waals surface area contributed by atoms with Gasteiger partial charge in [0.25, 0.3) is 0 Å². The van der Waals surface area contributed by atoms with Crippen molar-refractivity contribution in [3.05, 3.63) is 40.6 Å². The van der Waals surface area contributed by atoms with Gasteiger partial charge in [0.05, 0.1) is 26.4 Å². The van der Waals surface area contributed by atoms with Gasteiger partial charge in [-0.3, -0.25) is 4.79 Å². The summed E-state index contributed by atoms with van der Waals surface area (Å²) in [7, 11) is 1.24. The molecule has 12 N–H and O–H groups in total. The van der Waals surface area contributed by atoms with Gasteiger partial charge in [0, 0.05) is 17.7 Å². The molecule has 304 valence electrons. The van der Waals surface area contributed by atoms with Crippen LogP contribution in [0, 0.1) is 0 Å². The first-order chi connectivity index (χ1) is 26.1. The first-order valence-electron chi connectivity index (χ1n) is 16.9. The number of hydrogen-bond acceptors (Lipinski definition) is 21. The molecule has 15 atom stereocenters. The minimum Gasteiger partial charge on any atom is -0.507 e. The van der Waals surface area contributed by atoms with Crippen LogP contribution in [0.15, 0.2) is 39.5 Å². The lowest BCUT2D eigenvalue weighted by atomic mass is 9.97. The van der Waals surface area contributed by atoms with E-state index in [1.807, 2.05) is 0 Å². The zero-order valence-electron chi connectivity index (χ0n) is 29.0. The quantitative estimate of drug-likeness (QED) is 0.0934. The van der Waals surface area contributed by atoms with Gasteiger partial charge in [-0.05, 0) is 25.1 Å². The van der Waals surface area contributed by atoms with Crippen molar-refractivity contribution in [3.63, 3.8) is 0 Å². The molecule has 3 fully saturated rings. The Morgan fingerprint density at radius 2 is 1.29 bits per heavy atom. The Morgan fingerprint density at radius 1 is 0.673 bits per heavy atom. The second kappa shape index (κ2) is 16.3. The molecule has 4 heterocycles. The molecular weight excluding hydrogens is 744 g/mol. The number of ether oxygens (including phenoxy) is 7. The van der Waals surface area contributed by atoms with Crippen molar-refractivity contribution in [1.82, 2.24) is 0 Å². The summed E-state index contributed by atoms with van der Waals surface area (Å²) < 4.78 is 45.2. The number of phenolic OH excluding ortho intramolecular Hbond substituents is 2. The Hall–Kier alpha value is -3.91. The SMILES string of the molecule is COc1cc(-c2oc3cc(O[C@@H]4O[C@@H](C)[C@H](O)[C@@H](O)[C@H]4O)cc(O)c3c(=O)c2O[C@@H]2O[C@H](CO)[C@@H](O)[C@H](O)[C@H]2O[C@@H]2O[C@H](CO)[C@@H](O)[C@H](O)[C@H]2O)ccc1O. The Kier molecular flexibility index (Phi) is 12.1. The minimum absolute atomic E-state index is 0.00735. The van der Waals surface area contributed by atoms with E-state index < -0.39 is 133 Å². The molecule has 21 nitrogen and oxygen atoms in total. The fourth-order valence-corrected chi connectivity index (χ4v) is 6.43. The van der Waals surface area contributed by atoms with Gasteiger partial charge in [0.2, 0.25) is 23.8 Å². The van der Waals surface area contributed by atoms with Gasteiger partial charge in [-0.15, -0.1) is 0 Å². The van der Waals surface area contributed by atoms with Crippen molar-refractivity contribution >= 4 is 11.0 Å². The van der Waals surface area contributed by atoms with E-state index in [-0.39, 0.29) is 28.4 Å². The van der Waals surface area contributed by atoms with Crippen LogP contribution in [0.25, 0.3) is 22.3 Å². The van der Waals surface area contributed by atoms with E-state index in [1.165, 1.54) is 32.2 Å². The van der Waals surface area contributed by atoms with Crippen molar-refractivity contribution in [1.29, 1.82) is 0 Å². The summed E-state index contributed by atoms with van der Waals surface area (Å²) in [5.74, 6) is -2.58. The molecule has 0 saturated carbocycles. The van der Waals surface area contributed by atoms with Crippen LogP contribution in [-0.2, 0) is 18.9 Å². The molecule has 1 aromatic heterocycles. The number of rotatable bonds is 10. The molecular formula is C34H42O21. The monoisotopic (exact) mass is 786 g/mol. The van der Waals surface area contributed by atoms with Gasteiger partial charge in [0.15, 0.2) is 29.7 Å². The normalized spacial score (nSPS) is 36.8. The number of phenols is 2. The highest BCUT2D eigenvalue weighted by Gasteiger charge is 2.52. The third-order valence-electron chi connectivity index (χ3n) is 9.61. The van der Waals surface area contributed by atoms with Crippen LogP contribution in [0.2, 0.25) is 0 Å². The average Bonchev–Trinajstić information content (AvgIpc) is 3.16. The van der Waals surface area contributed by atoms with Gasteiger partial charge in [-0.25, -0.2) is 0 Å². The number of aromatic hydroxyl groups is 2. The zero-order valence-corrected chi connectivity index (χ0v) is 29.0. The highest BCUT2D eigenvalue weighted by atomic mass is 16.8. The molecule has 3 aliphatic rings.